The summed E-state index contributed by atoms with van der Waals surface area (Å²) in [6.07, 6.45) is 0.324. The lowest BCUT2D eigenvalue weighted by Gasteiger charge is -2.42. The zero-order valence-corrected chi connectivity index (χ0v) is 16.0. The third-order valence-electron chi connectivity index (χ3n) is 4.63. The second-order valence-corrected chi connectivity index (χ2v) is 7.35. The van der Waals surface area contributed by atoms with E-state index in [1.165, 1.54) is 0 Å². The van der Waals surface area contributed by atoms with Crippen LogP contribution in [-0.2, 0) is 16.0 Å². The van der Waals surface area contributed by atoms with E-state index in [1.54, 1.807) is 0 Å². The molecule has 0 unspecified atom stereocenters. The number of amides is 1. The summed E-state index contributed by atoms with van der Waals surface area (Å²) in [5.74, 6) is 0.119. The van der Waals surface area contributed by atoms with Gasteiger partial charge in [-0.3, -0.25) is 4.79 Å². The molecule has 1 aliphatic rings. The van der Waals surface area contributed by atoms with E-state index in [9.17, 15) is 4.79 Å². The first-order valence-corrected chi connectivity index (χ1v) is 9.27. The number of hydrogen-bond acceptors (Lipinski definition) is 3. The molecule has 138 valence electrons. The van der Waals surface area contributed by atoms with Crippen molar-refractivity contribution in [3.05, 3.63) is 70.7 Å². The van der Waals surface area contributed by atoms with Crippen LogP contribution in [0.25, 0.3) is 0 Å². The molecule has 0 aromatic heterocycles. The zero-order chi connectivity index (χ0) is 18.5. The number of rotatable bonds is 5. The minimum Gasteiger partial charge on any atom is -0.373 e. The van der Waals surface area contributed by atoms with E-state index in [1.807, 2.05) is 61.5 Å². The topological polar surface area (TPSA) is 32.8 Å². The van der Waals surface area contributed by atoms with Gasteiger partial charge >= 0.3 is 0 Å². The van der Waals surface area contributed by atoms with Crippen LogP contribution >= 0.6 is 11.6 Å². The first kappa shape index (κ1) is 18.9. The lowest BCUT2D eigenvalue weighted by atomic mass is 9.96. The van der Waals surface area contributed by atoms with Crippen LogP contribution in [0.4, 0.5) is 0 Å². The normalized spacial score (nSPS) is 20.4. The quantitative estimate of drug-likeness (QED) is 0.806. The molecule has 0 bridgehead atoms. The van der Waals surface area contributed by atoms with Gasteiger partial charge in [-0.25, -0.2) is 0 Å². The highest BCUT2D eigenvalue weighted by Gasteiger charge is 2.36. The molecule has 1 heterocycles. The van der Waals surface area contributed by atoms with Crippen LogP contribution in [0.1, 0.15) is 17.2 Å². The Kier molecular flexibility index (Phi) is 6.30. The SMILES string of the molecule is CN(C)C[C@@H]1OCCN(C(=O)Cc2ccc(Cl)cc2)[C@H]1c1ccccc1. The van der Waals surface area contributed by atoms with Gasteiger partial charge in [0.2, 0.25) is 5.91 Å². The summed E-state index contributed by atoms with van der Waals surface area (Å²) in [4.78, 5) is 17.2. The van der Waals surface area contributed by atoms with Gasteiger partial charge in [-0.2, -0.15) is 0 Å². The fourth-order valence-electron chi connectivity index (χ4n) is 3.45. The van der Waals surface area contributed by atoms with Crippen molar-refractivity contribution in [1.29, 1.82) is 0 Å². The first-order valence-electron chi connectivity index (χ1n) is 8.90. The van der Waals surface area contributed by atoms with E-state index >= 15 is 0 Å². The first-order chi connectivity index (χ1) is 12.5. The summed E-state index contributed by atoms with van der Waals surface area (Å²) in [6.45, 7) is 1.94. The maximum absolute atomic E-state index is 13.1. The molecule has 0 aliphatic carbocycles. The van der Waals surface area contributed by atoms with Crippen LogP contribution in [0.2, 0.25) is 5.02 Å². The van der Waals surface area contributed by atoms with E-state index in [4.69, 9.17) is 16.3 Å². The number of morpholine rings is 1. The Labute approximate surface area is 160 Å². The van der Waals surface area contributed by atoms with Crippen molar-refractivity contribution in [3.63, 3.8) is 0 Å². The third kappa shape index (κ3) is 4.64. The van der Waals surface area contributed by atoms with Crippen LogP contribution < -0.4 is 0 Å². The van der Waals surface area contributed by atoms with E-state index in [0.29, 0.717) is 24.6 Å². The number of ether oxygens (including phenoxy) is 1. The van der Waals surface area contributed by atoms with Gasteiger partial charge in [0.15, 0.2) is 0 Å². The summed E-state index contributed by atoms with van der Waals surface area (Å²) in [7, 11) is 4.06. The highest BCUT2D eigenvalue weighted by atomic mass is 35.5. The summed E-state index contributed by atoms with van der Waals surface area (Å²) in [5, 5.41) is 0.681. The number of carbonyl (C=O) groups is 1. The fourth-order valence-corrected chi connectivity index (χ4v) is 3.57. The fraction of sp³-hybridized carbons (Fsp3) is 0.381. The van der Waals surface area contributed by atoms with Gasteiger partial charge in [0.25, 0.3) is 0 Å². The Balaban J connectivity index is 1.84. The van der Waals surface area contributed by atoms with Crippen LogP contribution in [0.5, 0.6) is 0 Å². The molecule has 3 rings (SSSR count). The number of likely N-dealkylation sites (N-methyl/N-ethyl adjacent to an activating group) is 1. The molecular formula is C21H25ClN2O2. The van der Waals surface area contributed by atoms with Gasteiger partial charge in [-0.05, 0) is 37.4 Å². The summed E-state index contributed by atoms with van der Waals surface area (Å²) in [5.41, 5.74) is 2.09. The van der Waals surface area contributed by atoms with Crippen LogP contribution in [0.3, 0.4) is 0 Å². The van der Waals surface area contributed by atoms with Crippen molar-refractivity contribution >= 4 is 17.5 Å². The van der Waals surface area contributed by atoms with Crippen molar-refractivity contribution < 1.29 is 9.53 Å². The monoisotopic (exact) mass is 372 g/mol. The molecule has 1 fully saturated rings. The third-order valence-corrected chi connectivity index (χ3v) is 4.88. The standard InChI is InChI=1S/C21H25ClN2O2/c1-23(2)15-19-21(17-6-4-3-5-7-17)24(12-13-26-19)20(25)14-16-8-10-18(22)11-9-16/h3-11,19,21H,12-15H2,1-2H3/t19-,21-/m0/s1. The molecule has 2 aromatic rings. The molecule has 26 heavy (non-hydrogen) atoms. The zero-order valence-electron chi connectivity index (χ0n) is 15.3. The molecular weight excluding hydrogens is 348 g/mol. The average Bonchev–Trinajstić information content (AvgIpc) is 2.63. The van der Waals surface area contributed by atoms with Crippen LogP contribution in [0.15, 0.2) is 54.6 Å². The molecule has 1 saturated heterocycles. The van der Waals surface area contributed by atoms with Gasteiger partial charge < -0.3 is 14.5 Å². The van der Waals surface area contributed by atoms with Gasteiger partial charge in [0.05, 0.1) is 25.2 Å². The smallest absolute Gasteiger partial charge is 0.227 e. The second-order valence-electron chi connectivity index (χ2n) is 6.92. The number of hydrogen-bond donors (Lipinski definition) is 0. The van der Waals surface area contributed by atoms with Gasteiger partial charge in [0, 0.05) is 18.1 Å². The Morgan fingerprint density at radius 2 is 1.85 bits per heavy atom. The molecule has 1 aliphatic heterocycles. The average molecular weight is 373 g/mol. The highest BCUT2D eigenvalue weighted by Crippen LogP contribution is 2.30. The molecule has 0 N–H and O–H groups in total. The molecule has 1 amide bonds. The lowest BCUT2D eigenvalue weighted by Crippen LogP contribution is -2.51. The predicted octanol–water partition coefficient (Wildman–Crippen LogP) is 3.41. The summed E-state index contributed by atoms with van der Waals surface area (Å²) >= 11 is 5.95. The van der Waals surface area contributed by atoms with Crippen molar-refractivity contribution in [1.82, 2.24) is 9.80 Å². The minimum atomic E-state index is -0.0767. The van der Waals surface area contributed by atoms with Crippen molar-refractivity contribution in [2.24, 2.45) is 0 Å². The van der Waals surface area contributed by atoms with Crippen molar-refractivity contribution in [2.45, 2.75) is 18.6 Å². The Morgan fingerprint density at radius 1 is 1.15 bits per heavy atom. The Morgan fingerprint density at radius 3 is 2.50 bits per heavy atom. The minimum absolute atomic E-state index is 0.0460. The molecule has 4 nitrogen and oxygen atoms in total. The maximum atomic E-state index is 13.1. The number of benzene rings is 2. The van der Waals surface area contributed by atoms with E-state index < -0.39 is 0 Å². The second kappa shape index (κ2) is 8.67. The van der Waals surface area contributed by atoms with Gasteiger partial charge in [0.1, 0.15) is 0 Å². The van der Waals surface area contributed by atoms with Crippen molar-refractivity contribution in [2.75, 3.05) is 33.8 Å². The molecule has 0 saturated carbocycles. The number of nitrogens with zero attached hydrogens (tertiary/aromatic N) is 2. The molecule has 5 heteroatoms. The maximum Gasteiger partial charge on any atom is 0.227 e. The van der Waals surface area contributed by atoms with Gasteiger partial charge in [-0.15, -0.1) is 0 Å². The summed E-state index contributed by atoms with van der Waals surface area (Å²) < 4.78 is 6.05. The Bertz CT molecular complexity index is 719. The van der Waals surface area contributed by atoms with E-state index in [0.717, 1.165) is 17.7 Å². The lowest BCUT2D eigenvalue weighted by molar-refractivity contribution is -0.147. The molecule has 0 radical (unpaired) electrons. The number of carbonyl (C=O) groups excluding carboxylic acids is 1. The van der Waals surface area contributed by atoms with Crippen molar-refractivity contribution in [3.8, 4) is 0 Å². The van der Waals surface area contributed by atoms with Gasteiger partial charge in [-0.1, -0.05) is 54.1 Å². The molecule has 2 aromatic carbocycles. The molecule has 0 spiro atoms. The van der Waals surface area contributed by atoms with Crippen LogP contribution in [-0.4, -0.2) is 55.6 Å². The van der Waals surface area contributed by atoms with E-state index in [2.05, 4.69) is 17.0 Å². The van der Waals surface area contributed by atoms with E-state index in [-0.39, 0.29) is 18.1 Å². The largest absolute Gasteiger partial charge is 0.373 e. The van der Waals surface area contributed by atoms with Crippen LogP contribution in [0, 0.1) is 0 Å². The highest BCUT2D eigenvalue weighted by molar-refractivity contribution is 6.30. The molecule has 2 atom stereocenters. The Hall–Kier alpha value is -1.88. The summed E-state index contributed by atoms with van der Waals surface area (Å²) in [6, 6.07) is 17.6. The predicted molar refractivity (Wildman–Crippen MR) is 104 cm³/mol. The number of halogens is 1.